The molecule has 0 saturated carbocycles. The van der Waals surface area contributed by atoms with Crippen molar-refractivity contribution in [2.45, 2.75) is 59.0 Å². The number of benzene rings is 1. The maximum atomic E-state index is 12.5. The van der Waals surface area contributed by atoms with E-state index in [1.807, 2.05) is 31.2 Å². The Labute approximate surface area is 159 Å². The number of amides is 1. The fourth-order valence-electron chi connectivity index (χ4n) is 2.74. The molecule has 0 heterocycles. The van der Waals surface area contributed by atoms with Crippen molar-refractivity contribution in [3.63, 3.8) is 0 Å². The smallest absolute Gasteiger partial charge is 0.256 e. The van der Waals surface area contributed by atoms with Gasteiger partial charge in [0.1, 0.15) is 11.4 Å². The Morgan fingerprint density at radius 2 is 1.77 bits per heavy atom. The summed E-state index contributed by atoms with van der Waals surface area (Å²) in [5.41, 5.74) is -0.0411. The van der Waals surface area contributed by atoms with Crippen molar-refractivity contribution in [2.24, 2.45) is 0 Å². The number of nitrogens with zero attached hydrogens (tertiary/aromatic N) is 1. The molecule has 5 nitrogen and oxygen atoms in total. The Bertz CT molecular complexity index is 514. The van der Waals surface area contributed by atoms with Gasteiger partial charge in [-0.05, 0) is 57.1 Å². The molecule has 0 aliphatic rings. The lowest BCUT2D eigenvalue weighted by Gasteiger charge is -2.26. The molecule has 0 aliphatic carbocycles. The van der Waals surface area contributed by atoms with Crippen LogP contribution in [0, 0.1) is 0 Å². The third kappa shape index (κ3) is 7.34. The number of carbonyl (C=O) groups is 1. The summed E-state index contributed by atoms with van der Waals surface area (Å²) < 4.78 is 11.2. The lowest BCUT2D eigenvalue weighted by atomic mass is 9.97. The summed E-state index contributed by atoms with van der Waals surface area (Å²) in [5, 5.41) is 2.94. The van der Waals surface area contributed by atoms with Crippen LogP contribution in [0.4, 0.5) is 5.69 Å². The fourth-order valence-corrected chi connectivity index (χ4v) is 2.74. The summed E-state index contributed by atoms with van der Waals surface area (Å²) in [7, 11) is 1.59. The second kappa shape index (κ2) is 11.9. The van der Waals surface area contributed by atoms with E-state index in [0.717, 1.165) is 50.3 Å². The van der Waals surface area contributed by atoms with Crippen molar-refractivity contribution in [1.82, 2.24) is 4.90 Å². The lowest BCUT2D eigenvalue weighted by molar-refractivity contribution is -0.136. The molecule has 5 heteroatoms. The summed E-state index contributed by atoms with van der Waals surface area (Å²) in [6, 6.07) is 7.52. The first kappa shape index (κ1) is 22.5. The number of nitrogens with one attached hydrogen (secondary N) is 1. The first-order valence-corrected chi connectivity index (χ1v) is 9.80. The zero-order valence-electron chi connectivity index (χ0n) is 17.1. The zero-order valence-corrected chi connectivity index (χ0v) is 17.1. The molecule has 26 heavy (non-hydrogen) atoms. The molecule has 1 amide bonds. The van der Waals surface area contributed by atoms with E-state index in [1.165, 1.54) is 0 Å². The van der Waals surface area contributed by atoms with Gasteiger partial charge in [0.2, 0.25) is 0 Å². The quantitative estimate of drug-likeness (QED) is 0.529. The Morgan fingerprint density at radius 3 is 2.31 bits per heavy atom. The van der Waals surface area contributed by atoms with Crippen LogP contribution in [-0.4, -0.2) is 49.8 Å². The van der Waals surface area contributed by atoms with Gasteiger partial charge in [0.15, 0.2) is 0 Å². The molecule has 148 valence electrons. The van der Waals surface area contributed by atoms with Crippen molar-refractivity contribution in [3.8, 4) is 5.75 Å². The Morgan fingerprint density at radius 1 is 1.12 bits per heavy atom. The van der Waals surface area contributed by atoms with Crippen molar-refractivity contribution in [3.05, 3.63) is 24.3 Å². The minimum Gasteiger partial charge on any atom is -0.494 e. The third-order valence-corrected chi connectivity index (χ3v) is 4.83. The number of anilines is 1. The molecular weight excluding hydrogens is 328 g/mol. The topological polar surface area (TPSA) is 50.8 Å². The van der Waals surface area contributed by atoms with E-state index in [-0.39, 0.29) is 5.91 Å². The maximum Gasteiger partial charge on any atom is 0.256 e. The van der Waals surface area contributed by atoms with Gasteiger partial charge < -0.3 is 19.7 Å². The van der Waals surface area contributed by atoms with E-state index in [2.05, 4.69) is 31.0 Å². The highest BCUT2D eigenvalue weighted by Crippen LogP contribution is 2.22. The second-order valence-corrected chi connectivity index (χ2v) is 6.75. The predicted molar refractivity (Wildman–Crippen MR) is 108 cm³/mol. The highest BCUT2D eigenvalue weighted by Gasteiger charge is 2.32. The van der Waals surface area contributed by atoms with Gasteiger partial charge >= 0.3 is 0 Å². The average Bonchev–Trinajstić information content (AvgIpc) is 2.67. The molecule has 0 bridgehead atoms. The van der Waals surface area contributed by atoms with Gasteiger partial charge in [0.05, 0.1) is 6.61 Å². The molecule has 1 rings (SSSR count). The first-order chi connectivity index (χ1) is 12.5. The highest BCUT2D eigenvalue weighted by atomic mass is 16.5. The van der Waals surface area contributed by atoms with Crippen LogP contribution in [0.15, 0.2) is 24.3 Å². The molecule has 1 aromatic rings. The summed E-state index contributed by atoms with van der Waals surface area (Å²) in [6.07, 6.45) is 3.70. The molecule has 0 fully saturated rings. The number of hydrogen-bond donors (Lipinski definition) is 1. The molecule has 0 saturated heterocycles. The van der Waals surface area contributed by atoms with Crippen molar-refractivity contribution >= 4 is 11.6 Å². The number of ether oxygens (including phenoxy) is 2. The zero-order chi connectivity index (χ0) is 19.4. The fraction of sp³-hybridized carbons (Fsp3) is 0.667. The molecule has 1 aromatic carbocycles. The van der Waals surface area contributed by atoms with E-state index in [4.69, 9.17) is 9.47 Å². The Kier molecular flexibility index (Phi) is 10.3. The highest BCUT2D eigenvalue weighted by molar-refractivity contribution is 5.97. The summed E-state index contributed by atoms with van der Waals surface area (Å²) in [5.74, 6) is 0.712. The van der Waals surface area contributed by atoms with Crippen molar-refractivity contribution in [1.29, 1.82) is 0 Å². The van der Waals surface area contributed by atoms with Gasteiger partial charge in [-0.1, -0.05) is 33.6 Å². The lowest BCUT2D eigenvalue weighted by Crippen LogP contribution is -2.41. The van der Waals surface area contributed by atoms with Gasteiger partial charge in [-0.25, -0.2) is 0 Å². The van der Waals surface area contributed by atoms with Gasteiger partial charge in [-0.15, -0.1) is 0 Å². The molecule has 0 aliphatic heterocycles. The van der Waals surface area contributed by atoms with Crippen LogP contribution >= 0.6 is 0 Å². The SMILES string of the molecule is CCCC[C@@](C)(OC)C(=O)Nc1ccc(OCCCN(CC)CC)cc1. The molecule has 0 unspecified atom stereocenters. The summed E-state index contributed by atoms with van der Waals surface area (Å²) in [6.45, 7) is 12.2. The van der Waals surface area contributed by atoms with Crippen LogP contribution in [0.5, 0.6) is 5.75 Å². The minimum absolute atomic E-state index is 0.110. The van der Waals surface area contributed by atoms with Crippen LogP contribution in [0.1, 0.15) is 53.4 Å². The van der Waals surface area contributed by atoms with Gasteiger partial charge in [-0.2, -0.15) is 0 Å². The molecule has 1 atom stereocenters. The van der Waals surface area contributed by atoms with Crippen LogP contribution in [0.25, 0.3) is 0 Å². The first-order valence-electron chi connectivity index (χ1n) is 9.80. The Hall–Kier alpha value is -1.59. The number of hydrogen-bond acceptors (Lipinski definition) is 4. The molecule has 0 radical (unpaired) electrons. The number of rotatable bonds is 13. The number of carbonyl (C=O) groups excluding carboxylic acids is 1. The molecule has 0 aromatic heterocycles. The van der Waals surface area contributed by atoms with Crippen LogP contribution < -0.4 is 10.1 Å². The molecular formula is C21H36N2O3. The number of unbranched alkanes of at least 4 members (excludes halogenated alkanes) is 1. The minimum atomic E-state index is -0.796. The van der Waals surface area contributed by atoms with E-state index in [0.29, 0.717) is 13.0 Å². The second-order valence-electron chi connectivity index (χ2n) is 6.75. The average molecular weight is 365 g/mol. The summed E-state index contributed by atoms with van der Waals surface area (Å²) in [4.78, 5) is 14.9. The summed E-state index contributed by atoms with van der Waals surface area (Å²) >= 11 is 0. The van der Waals surface area contributed by atoms with Gasteiger partial charge in [0.25, 0.3) is 5.91 Å². The van der Waals surface area contributed by atoms with Crippen LogP contribution in [0.3, 0.4) is 0 Å². The molecule has 1 N–H and O–H groups in total. The third-order valence-electron chi connectivity index (χ3n) is 4.83. The van der Waals surface area contributed by atoms with E-state index < -0.39 is 5.60 Å². The van der Waals surface area contributed by atoms with E-state index in [1.54, 1.807) is 7.11 Å². The normalized spacial score (nSPS) is 13.5. The van der Waals surface area contributed by atoms with Crippen molar-refractivity contribution < 1.29 is 14.3 Å². The van der Waals surface area contributed by atoms with Crippen LogP contribution in [0.2, 0.25) is 0 Å². The van der Waals surface area contributed by atoms with Crippen LogP contribution in [-0.2, 0) is 9.53 Å². The van der Waals surface area contributed by atoms with Crippen molar-refractivity contribution in [2.75, 3.05) is 38.7 Å². The van der Waals surface area contributed by atoms with Gasteiger partial charge in [0, 0.05) is 19.3 Å². The molecule has 0 spiro atoms. The standard InChI is InChI=1S/C21H36N2O3/c1-6-9-15-21(4,25-5)20(24)22-18-11-13-19(14-12-18)26-17-10-16-23(7-2)8-3/h11-14H,6-10,15-17H2,1-5H3,(H,22,24)/t21-/m1/s1. The predicted octanol–water partition coefficient (Wildman–Crippen LogP) is 4.33. The van der Waals surface area contributed by atoms with E-state index >= 15 is 0 Å². The number of methoxy groups -OCH3 is 1. The Balaban J connectivity index is 2.47. The monoisotopic (exact) mass is 364 g/mol. The maximum absolute atomic E-state index is 12.5. The van der Waals surface area contributed by atoms with Gasteiger partial charge in [-0.3, -0.25) is 4.79 Å². The largest absolute Gasteiger partial charge is 0.494 e. The van der Waals surface area contributed by atoms with E-state index in [9.17, 15) is 4.79 Å².